The molecule has 0 rings (SSSR count). The molecule has 0 saturated heterocycles. The van der Waals surface area contributed by atoms with Gasteiger partial charge in [-0.3, -0.25) is 0 Å². The van der Waals surface area contributed by atoms with Crippen molar-refractivity contribution in [2.24, 2.45) is 11.8 Å². The zero-order valence-electron chi connectivity index (χ0n) is 19.2. The van der Waals surface area contributed by atoms with Gasteiger partial charge in [-0.25, -0.2) is 9.59 Å². The fourth-order valence-corrected chi connectivity index (χ4v) is 2.61. The topological polar surface area (TPSA) is 63.6 Å². The van der Waals surface area contributed by atoms with E-state index in [1.54, 1.807) is 0 Å². The molecule has 0 aromatic rings. The lowest BCUT2D eigenvalue weighted by atomic mass is 9.95. The van der Waals surface area contributed by atoms with Crippen molar-refractivity contribution in [2.45, 2.75) is 99.3 Å². The Bertz CT molecular complexity index is 453. The molecule has 2 atom stereocenters. The van der Waals surface area contributed by atoms with E-state index in [9.17, 15) is 9.59 Å². The number of hydrogen-bond donors (Lipinski definition) is 1. The summed E-state index contributed by atoms with van der Waals surface area (Å²) in [7, 11) is 0. The average Bonchev–Trinajstić information content (AvgIpc) is 2.68. The van der Waals surface area contributed by atoms with Crippen molar-refractivity contribution >= 4 is 11.9 Å². The zero-order valence-corrected chi connectivity index (χ0v) is 19.2. The number of carbonyl (C=O) groups excluding carboxylic acids is 1. The van der Waals surface area contributed by atoms with Crippen molar-refractivity contribution in [1.82, 2.24) is 0 Å². The molecule has 164 valence electrons. The molecule has 0 aliphatic rings. The van der Waals surface area contributed by atoms with Gasteiger partial charge < -0.3 is 9.84 Å². The van der Waals surface area contributed by atoms with Crippen LogP contribution in [0.1, 0.15) is 99.3 Å². The summed E-state index contributed by atoms with van der Waals surface area (Å²) in [6, 6.07) is 0. The predicted octanol–water partition coefficient (Wildman–Crippen LogP) is 6.95. The van der Waals surface area contributed by atoms with Crippen molar-refractivity contribution in [3.63, 3.8) is 0 Å². The Labute approximate surface area is 173 Å². The molecule has 0 radical (unpaired) electrons. The fraction of sp³-hybridized carbons (Fsp3) is 0.750. The summed E-state index contributed by atoms with van der Waals surface area (Å²) in [6.07, 6.45) is 12.8. The van der Waals surface area contributed by atoms with Crippen LogP contribution in [0.4, 0.5) is 0 Å². The molecule has 0 aliphatic heterocycles. The van der Waals surface area contributed by atoms with E-state index in [4.69, 9.17) is 9.84 Å². The number of rotatable bonds is 14. The van der Waals surface area contributed by atoms with Crippen LogP contribution in [0, 0.1) is 11.8 Å². The van der Waals surface area contributed by atoms with Gasteiger partial charge >= 0.3 is 11.9 Å². The smallest absolute Gasteiger partial charge is 0.333 e. The Morgan fingerprint density at radius 3 is 1.82 bits per heavy atom. The number of ether oxygens (including phenoxy) is 1. The third-order valence-corrected chi connectivity index (χ3v) is 4.98. The number of esters is 1. The molecule has 0 aromatic heterocycles. The van der Waals surface area contributed by atoms with Gasteiger partial charge in [-0.2, -0.15) is 0 Å². The normalized spacial score (nSPS) is 13.1. The molecule has 1 N–H and O–H groups in total. The molecule has 0 saturated carbocycles. The second-order valence-electron chi connectivity index (χ2n) is 7.64. The summed E-state index contributed by atoms with van der Waals surface area (Å²) < 4.78 is 5.49. The number of aliphatic carboxylic acids is 1. The first-order valence-electron chi connectivity index (χ1n) is 11.0. The predicted molar refractivity (Wildman–Crippen MR) is 118 cm³/mol. The van der Waals surface area contributed by atoms with Crippen LogP contribution in [-0.2, 0) is 14.3 Å². The third kappa shape index (κ3) is 16.6. The zero-order chi connectivity index (χ0) is 21.9. The van der Waals surface area contributed by atoms with Gasteiger partial charge in [0.1, 0.15) is 0 Å². The van der Waals surface area contributed by atoms with Gasteiger partial charge in [0.15, 0.2) is 0 Å². The van der Waals surface area contributed by atoms with Gasteiger partial charge in [0, 0.05) is 11.1 Å². The molecule has 4 heteroatoms. The third-order valence-electron chi connectivity index (χ3n) is 4.98. The van der Waals surface area contributed by atoms with Gasteiger partial charge in [-0.1, -0.05) is 85.3 Å². The van der Waals surface area contributed by atoms with E-state index in [1.165, 1.54) is 45.4 Å². The van der Waals surface area contributed by atoms with E-state index in [-0.39, 0.29) is 11.5 Å². The highest BCUT2D eigenvalue weighted by Crippen LogP contribution is 2.19. The van der Waals surface area contributed by atoms with E-state index >= 15 is 0 Å². The second-order valence-corrected chi connectivity index (χ2v) is 7.64. The van der Waals surface area contributed by atoms with Crippen LogP contribution >= 0.6 is 0 Å². The maximum Gasteiger partial charge on any atom is 0.333 e. The Kier molecular flexibility index (Phi) is 19.2. The van der Waals surface area contributed by atoms with E-state index in [1.807, 2.05) is 6.92 Å². The molecule has 0 heterocycles. The number of carbonyl (C=O) groups is 2. The average molecular weight is 397 g/mol. The van der Waals surface area contributed by atoms with Crippen LogP contribution in [0.3, 0.4) is 0 Å². The van der Waals surface area contributed by atoms with Crippen LogP contribution in [-0.4, -0.2) is 23.7 Å². The maximum absolute atomic E-state index is 12.1. The van der Waals surface area contributed by atoms with Crippen molar-refractivity contribution < 1.29 is 19.4 Å². The lowest BCUT2D eigenvalue weighted by Crippen LogP contribution is -2.14. The van der Waals surface area contributed by atoms with Crippen LogP contribution in [0.5, 0.6) is 0 Å². The van der Waals surface area contributed by atoms with Crippen molar-refractivity contribution in [3.05, 3.63) is 23.8 Å². The van der Waals surface area contributed by atoms with E-state index in [2.05, 4.69) is 40.3 Å². The van der Waals surface area contributed by atoms with Gasteiger partial charge in [0.2, 0.25) is 0 Å². The van der Waals surface area contributed by atoms with E-state index in [0.717, 1.165) is 24.8 Å². The molecule has 0 aromatic carbocycles. The number of unbranched alkanes of at least 4 members (excludes halogenated alkanes) is 2. The number of carboxylic acids is 1. The van der Waals surface area contributed by atoms with Crippen LogP contribution in [0.15, 0.2) is 23.8 Å². The molecule has 0 spiro atoms. The minimum Gasteiger partial charge on any atom is -0.478 e. The minimum absolute atomic E-state index is 0.125. The lowest BCUT2D eigenvalue weighted by Gasteiger charge is -2.15. The standard InChI is InChI=1S/C20H38O2.C4H6O2/c1-6-10-12-18(8-3)15-14-17(5)20(21)22-16-19(9-4)13-11-7-2;1-3(2)4(5)6/h14,18-19H,6-13,15-16H2,1-5H3;1H2,2H3,(H,5,6). The summed E-state index contributed by atoms with van der Waals surface area (Å²) in [4.78, 5) is 21.7. The van der Waals surface area contributed by atoms with Crippen LogP contribution in [0.25, 0.3) is 0 Å². The van der Waals surface area contributed by atoms with Crippen molar-refractivity contribution in [2.75, 3.05) is 6.61 Å². The molecule has 28 heavy (non-hydrogen) atoms. The van der Waals surface area contributed by atoms with E-state index in [0.29, 0.717) is 18.4 Å². The molecule has 4 nitrogen and oxygen atoms in total. The highest BCUT2D eigenvalue weighted by atomic mass is 16.5. The monoisotopic (exact) mass is 396 g/mol. The number of allylic oxidation sites excluding steroid dienone is 1. The molecule has 0 fully saturated rings. The Hall–Kier alpha value is -1.58. The Morgan fingerprint density at radius 1 is 0.964 bits per heavy atom. The molecular formula is C24H44O4. The SMILES string of the molecule is C=C(C)C(=O)O.CCCCC(CC)CC=C(C)C(=O)OCC(CC)CCCC. The molecule has 2 unspecified atom stereocenters. The van der Waals surface area contributed by atoms with Crippen LogP contribution in [0.2, 0.25) is 0 Å². The lowest BCUT2D eigenvalue weighted by molar-refractivity contribution is -0.140. The largest absolute Gasteiger partial charge is 0.478 e. The molecule has 0 amide bonds. The highest BCUT2D eigenvalue weighted by Gasteiger charge is 2.12. The second kappa shape index (κ2) is 18.8. The van der Waals surface area contributed by atoms with Gasteiger partial charge in [0.05, 0.1) is 6.61 Å². The van der Waals surface area contributed by atoms with Gasteiger partial charge in [-0.15, -0.1) is 0 Å². The molecule has 0 bridgehead atoms. The molecule has 0 aliphatic carbocycles. The summed E-state index contributed by atoms with van der Waals surface area (Å²) >= 11 is 0. The summed E-state index contributed by atoms with van der Waals surface area (Å²) in [5.74, 6) is 0.163. The fourth-order valence-electron chi connectivity index (χ4n) is 2.61. The Balaban J connectivity index is 0. The van der Waals surface area contributed by atoms with Crippen LogP contribution < -0.4 is 0 Å². The quantitative estimate of drug-likeness (QED) is 0.255. The number of carboxylic acid groups (broad SMARTS) is 1. The molecular weight excluding hydrogens is 352 g/mol. The van der Waals surface area contributed by atoms with Crippen molar-refractivity contribution in [1.29, 1.82) is 0 Å². The van der Waals surface area contributed by atoms with Crippen molar-refractivity contribution in [3.8, 4) is 0 Å². The minimum atomic E-state index is -0.935. The first-order chi connectivity index (χ1) is 13.2. The van der Waals surface area contributed by atoms with Gasteiger partial charge in [-0.05, 0) is 38.5 Å². The maximum atomic E-state index is 12.1. The first kappa shape index (κ1) is 28.6. The first-order valence-corrected chi connectivity index (χ1v) is 11.0. The van der Waals surface area contributed by atoms with Gasteiger partial charge in [0.25, 0.3) is 0 Å². The summed E-state index contributed by atoms with van der Waals surface area (Å²) in [5.41, 5.74) is 0.954. The highest BCUT2D eigenvalue weighted by molar-refractivity contribution is 5.87. The summed E-state index contributed by atoms with van der Waals surface area (Å²) in [6.45, 7) is 15.9. The number of hydrogen-bond acceptors (Lipinski definition) is 3. The Morgan fingerprint density at radius 2 is 1.43 bits per heavy atom. The summed E-state index contributed by atoms with van der Waals surface area (Å²) in [5, 5.41) is 7.89. The van der Waals surface area contributed by atoms with E-state index < -0.39 is 5.97 Å².